The number of hydrogen-bond donors (Lipinski definition) is 4. The van der Waals surface area contributed by atoms with E-state index in [9.17, 15) is 34.5 Å². The van der Waals surface area contributed by atoms with Gasteiger partial charge in [-0.2, -0.15) is 9.50 Å². The van der Waals surface area contributed by atoms with E-state index in [2.05, 4.69) is 20.4 Å². The number of carbonyl (C=O) groups is 4. The summed E-state index contributed by atoms with van der Waals surface area (Å²) in [5.41, 5.74) is 1.94. The van der Waals surface area contributed by atoms with Crippen LogP contribution in [0, 0.1) is 6.92 Å². The molecule has 1 aliphatic carbocycles. The maximum atomic E-state index is 13.2. The van der Waals surface area contributed by atoms with Gasteiger partial charge in [-0.15, -0.1) is 16.9 Å². The van der Waals surface area contributed by atoms with Crippen LogP contribution in [0.3, 0.4) is 0 Å². The number of aliphatic carboxylic acids is 1. The van der Waals surface area contributed by atoms with Crippen molar-refractivity contribution < 1.29 is 34.5 Å². The molecule has 4 aliphatic rings. The summed E-state index contributed by atoms with van der Waals surface area (Å²) in [5.74, 6) is -2.07. The summed E-state index contributed by atoms with van der Waals surface area (Å²) >= 11 is 2.51. The molecule has 17 heteroatoms. The van der Waals surface area contributed by atoms with Crippen LogP contribution in [0.4, 0.5) is 0 Å². The summed E-state index contributed by atoms with van der Waals surface area (Å²) < 4.78 is 1.47. The van der Waals surface area contributed by atoms with Crippen LogP contribution in [0.1, 0.15) is 25.0 Å². The Morgan fingerprint density at radius 2 is 1.93 bits per heavy atom. The number of phenolic OH excluding ortho intramolecular Hbond substituents is 2. The number of carboxylic acid groups (broad SMARTS) is 1. The van der Waals surface area contributed by atoms with Crippen molar-refractivity contribution in [3.05, 3.63) is 52.9 Å². The third kappa shape index (κ3) is 5.88. The molecular weight excluding hydrogens is 645 g/mol. The minimum atomic E-state index is -1.25. The van der Waals surface area contributed by atoms with Gasteiger partial charge >= 0.3 is 35.5 Å². The third-order valence-electron chi connectivity index (χ3n) is 8.00. The molecule has 234 valence electrons. The van der Waals surface area contributed by atoms with Crippen LogP contribution in [-0.2, 0) is 19.2 Å². The van der Waals surface area contributed by atoms with Crippen LogP contribution in [-0.4, -0.2) is 133 Å². The van der Waals surface area contributed by atoms with Crippen molar-refractivity contribution in [3.63, 3.8) is 0 Å². The van der Waals surface area contributed by atoms with Crippen molar-refractivity contribution in [3.8, 4) is 22.9 Å². The molecule has 3 aromatic rings. The third-order valence-corrected chi connectivity index (χ3v) is 10.3. The van der Waals surface area contributed by atoms with Gasteiger partial charge in [-0.3, -0.25) is 19.3 Å². The van der Waals surface area contributed by atoms with Crippen LogP contribution in [0.15, 0.2) is 52.2 Å². The van der Waals surface area contributed by atoms with Crippen molar-refractivity contribution in [1.29, 1.82) is 0 Å². The van der Waals surface area contributed by atoms with Crippen LogP contribution in [0.5, 0.6) is 11.5 Å². The average Bonchev–Trinajstić information content (AvgIpc) is 3.66. The number of thioether (sulfide) groups is 2. The molecule has 0 unspecified atom stereocenters. The van der Waals surface area contributed by atoms with Gasteiger partial charge in [0, 0.05) is 35.2 Å². The minimum absolute atomic E-state index is 0. The van der Waals surface area contributed by atoms with Crippen LogP contribution in [0.2, 0.25) is 0 Å². The molecule has 1 aromatic carbocycles. The van der Waals surface area contributed by atoms with E-state index in [1.54, 1.807) is 25.1 Å². The van der Waals surface area contributed by atoms with Crippen LogP contribution >= 0.6 is 23.5 Å². The summed E-state index contributed by atoms with van der Waals surface area (Å²) in [6.45, 7) is 2.40. The predicted molar refractivity (Wildman–Crippen MR) is 169 cm³/mol. The molecule has 0 radical (unpaired) electrons. The second kappa shape index (κ2) is 12.6. The molecule has 4 N–H and O–H groups in total. The van der Waals surface area contributed by atoms with E-state index in [0.29, 0.717) is 46.1 Å². The first-order valence-electron chi connectivity index (χ1n) is 14.2. The molecule has 3 amide bonds. The van der Waals surface area contributed by atoms with E-state index < -0.39 is 29.2 Å². The number of carbonyl (C=O) groups excluding carboxylic acids is 3. The van der Waals surface area contributed by atoms with Gasteiger partial charge in [0.15, 0.2) is 17.3 Å². The van der Waals surface area contributed by atoms with Crippen molar-refractivity contribution in [1.82, 2.24) is 34.7 Å². The zero-order valence-electron chi connectivity index (χ0n) is 23.8. The second-order valence-corrected chi connectivity index (χ2v) is 13.3. The number of benzene rings is 1. The number of aryl methyl sites for hydroxylation is 1. The van der Waals surface area contributed by atoms with Gasteiger partial charge in [0.2, 0.25) is 11.8 Å². The first-order valence-corrected chi connectivity index (χ1v) is 16.2. The Labute approximate surface area is 292 Å². The predicted octanol–water partition coefficient (Wildman–Crippen LogP) is 1.01. The monoisotopic (exact) mass is 673 g/mol. The Morgan fingerprint density at radius 1 is 1.15 bits per heavy atom. The van der Waals surface area contributed by atoms with Gasteiger partial charge in [0.25, 0.3) is 11.7 Å². The number of rotatable bonds is 8. The number of likely N-dealkylation sites (tertiary alicyclic amines) is 1. The summed E-state index contributed by atoms with van der Waals surface area (Å²) in [6, 6.07) is 5.36. The molecule has 14 nitrogen and oxygen atoms in total. The number of β-lactam (4-membered cyclic amide) rings is 1. The van der Waals surface area contributed by atoms with E-state index in [4.69, 9.17) is 0 Å². The number of allylic oxidation sites excluding steroid dienone is 1. The zero-order valence-corrected chi connectivity index (χ0v) is 25.5. The Morgan fingerprint density at radius 3 is 2.65 bits per heavy atom. The van der Waals surface area contributed by atoms with Gasteiger partial charge in [0.05, 0.1) is 5.75 Å². The first-order chi connectivity index (χ1) is 21.6. The molecule has 2 atom stereocenters. The Bertz CT molecular complexity index is 1880. The second-order valence-electron chi connectivity index (χ2n) is 11.2. The molecule has 0 spiro atoms. The van der Waals surface area contributed by atoms with Gasteiger partial charge in [-0.05, 0) is 62.1 Å². The van der Waals surface area contributed by atoms with Gasteiger partial charge < -0.3 is 25.5 Å². The van der Waals surface area contributed by atoms with E-state index in [0.717, 1.165) is 24.6 Å². The van der Waals surface area contributed by atoms with Crippen molar-refractivity contribution >= 4 is 82.5 Å². The fraction of sp³-hybridized carbons (Fsp3) is 0.345. The fourth-order valence-electron chi connectivity index (χ4n) is 5.66. The van der Waals surface area contributed by atoms with E-state index in [1.165, 1.54) is 33.3 Å². The molecule has 3 fully saturated rings. The molecule has 5 heterocycles. The number of phenols is 2. The number of hydrogen-bond acceptors (Lipinski definition) is 11. The molecule has 7 rings (SSSR count). The fourth-order valence-corrected chi connectivity index (χ4v) is 7.83. The number of amides is 3. The van der Waals surface area contributed by atoms with E-state index in [-0.39, 0.29) is 76.1 Å². The summed E-state index contributed by atoms with van der Waals surface area (Å²) in [5, 5.41) is 36.7. The number of aromatic hydroxyl groups is 2. The molecule has 46 heavy (non-hydrogen) atoms. The van der Waals surface area contributed by atoms with Crippen molar-refractivity contribution in [2.75, 3.05) is 18.1 Å². The number of carboxylic acids is 1. The quantitative estimate of drug-likeness (QED) is 0.0664. The number of fused-ring (bicyclic) bond motifs is 2. The van der Waals surface area contributed by atoms with Crippen LogP contribution in [0.25, 0.3) is 17.2 Å². The van der Waals surface area contributed by atoms with Gasteiger partial charge in [-0.1, -0.05) is 11.8 Å². The molecule has 3 aliphatic heterocycles. The Hall–Kier alpha value is -3.57. The zero-order chi connectivity index (χ0) is 31.6. The molecule has 2 aromatic heterocycles. The van der Waals surface area contributed by atoms with Gasteiger partial charge in [0.1, 0.15) is 22.1 Å². The molecule has 0 bridgehead atoms. The number of aromatic nitrogens is 4. The van der Waals surface area contributed by atoms with Crippen LogP contribution < -0.4 is 5.32 Å². The standard InChI is InChI=1S/C29H27N7O7S2.Na.H/c1-13-8-21(36-29(30-13)32-24(33-36)14-2-5-18(37)19(38)10-14)44-12-20(39)31-22-26(41)35-23(28(42)43)16(11-45-27(22)35)9-15-6-7-34(25(15)40)17-3-4-17;;/h2,5,8-10,17,22,27,37-38H,3-4,6-7,11-12H2,1H3,(H,31,39)(H,42,43);;/b15-9+;;/t22-,27-;;/m1../s1. The number of nitrogens with one attached hydrogen (secondary N) is 1. The van der Waals surface area contributed by atoms with Gasteiger partial charge in [-0.25, -0.2) is 9.78 Å². The maximum absolute atomic E-state index is 13.2. The van der Waals surface area contributed by atoms with E-state index >= 15 is 0 Å². The summed E-state index contributed by atoms with van der Waals surface area (Å²) in [4.78, 5) is 63.0. The number of nitrogens with zero attached hydrogens (tertiary/aromatic N) is 6. The Balaban J connectivity index is 0.00000372. The Kier molecular flexibility index (Phi) is 8.84. The molecule has 1 saturated carbocycles. The topological polar surface area (TPSA) is 191 Å². The summed E-state index contributed by atoms with van der Waals surface area (Å²) in [7, 11) is 0. The van der Waals surface area contributed by atoms with Crippen molar-refractivity contribution in [2.24, 2.45) is 0 Å². The van der Waals surface area contributed by atoms with Crippen molar-refractivity contribution in [2.45, 2.75) is 48.7 Å². The normalized spacial score (nSPS) is 21.8. The SMILES string of the molecule is Cc1cc(SCC(=O)N[C@@H]2C(=O)N3C(C(=O)O)=C(/C=C4\CCN(C5CC5)C4=O)CS[C@H]23)n2nc(-c3ccc(O)c(O)c3)nc2n1.[NaH]. The average molecular weight is 674 g/mol. The first kappa shape index (κ1) is 32.4. The molecular formula is C29H28N7NaO7S2. The molecule has 2 saturated heterocycles. The van der Waals surface area contributed by atoms with E-state index in [1.807, 2.05) is 4.90 Å². The summed E-state index contributed by atoms with van der Waals surface area (Å²) in [6.07, 6.45) is 4.16.